The smallest absolute Gasteiger partial charge is 0.00745 e. The van der Waals surface area contributed by atoms with Crippen molar-refractivity contribution in [2.45, 2.75) is 77.6 Å². The second-order valence-electron chi connectivity index (χ2n) is 10.1. The van der Waals surface area contributed by atoms with E-state index in [4.69, 9.17) is 0 Å². The minimum Gasteiger partial charge on any atom is -0.0955 e. The molecule has 0 amide bonds. The van der Waals surface area contributed by atoms with Gasteiger partial charge in [-0.15, -0.1) is 0 Å². The first-order valence-corrected chi connectivity index (χ1v) is 12.7. The number of hydrogen-bond donors (Lipinski definition) is 0. The number of unbranched alkanes of at least 4 members (excludes halogenated alkanes) is 2. The molecule has 1 atom stereocenters. The highest BCUT2D eigenvalue weighted by atomic mass is 14.3. The van der Waals surface area contributed by atoms with Crippen molar-refractivity contribution in [1.29, 1.82) is 0 Å². The van der Waals surface area contributed by atoms with Crippen LogP contribution in [-0.4, -0.2) is 0 Å². The zero-order valence-electron chi connectivity index (χ0n) is 19.8. The van der Waals surface area contributed by atoms with Crippen LogP contribution in [0.25, 0.3) is 16.7 Å². The topological polar surface area (TPSA) is 0 Å². The van der Waals surface area contributed by atoms with Crippen LogP contribution in [0.2, 0.25) is 0 Å². The van der Waals surface area contributed by atoms with E-state index in [0.29, 0.717) is 5.92 Å². The lowest BCUT2D eigenvalue weighted by atomic mass is 9.82. The molecule has 5 rings (SSSR count). The monoisotopic (exact) mass is 420 g/mol. The van der Waals surface area contributed by atoms with E-state index in [1.165, 1.54) is 89.5 Å². The molecule has 0 N–H and O–H groups in total. The molecule has 0 saturated heterocycles. The summed E-state index contributed by atoms with van der Waals surface area (Å²) >= 11 is 0. The Hall–Kier alpha value is -2.60. The average molecular weight is 421 g/mol. The molecule has 0 heteroatoms. The Kier molecular flexibility index (Phi) is 6.05. The van der Waals surface area contributed by atoms with Gasteiger partial charge in [0.25, 0.3) is 0 Å². The molecule has 2 aliphatic carbocycles. The summed E-state index contributed by atoms with van der Waals surface area (Å²) in [6, 6.07) is 21.4. The van der Waals surface area contributed by atoms with Crippen molar-refractivity contribution in [3.63, 3.8) is 0 Å². The summed E-state index contributed by atoms with van der Waals surface area (Å²) in [5.41, 5.74) is 14.7. The molecule has 164 valence electrons. The first-order valence-electron chi connectivity index (χ1n) is 12.7. The maximum Gasteiger partial charge on any atom is -0.00745 e. The molecular formula is C32H36. The van der Waals surface area contributed by atoms with E-state index in [0.717, 1.165) is 12.8 Å². The van der Waals surface area contributed by atoms with Crippen LogP contribution < -0.4 is 0 Å². The summed E-state index contributed by atoms with van der Waals surface area (Å²) in [5.74, 6) is 0.501. The number of hydrogen-bond acceptors (Lipinski definition) is 0. The molecular weight excluding hydrogens is 384 g/mol. The van der Waals surface area contributed by atoms with Crippen molar-refractivity contribution in [3.05, 3.63) is 100 Å². The summed E-state index contributed by atoms with van der Waals surface area (Å²) in [5, 5.41) is 0. The molecule has 2 aliphatic rings. The van der Waals surface area contributed by atoms with Gasteiger partial charge in [0.15, 0.2) is 0 Å². The van der Waals surface area contributed by atoms with Gasteiger partial charge in [-0.3, -0.25) is 0 Å². The Morgan fingerprint density at radius 1 is 0.844 bits per heavy atom. The van der Waals surface area contributed by atoms with E-state index in [9.17, 15) is 0 Å². The molecule has 0 fully saturated rings. The summed E-state index contributed by atoms with van der Waals surface area (Å²) in [4.78, 5) is 0. The fourth-order valence-electron chi connectivity index (χ4n) is 5.95. The maximum absolute atomic E-state index is 4.37. The highest BCUT2D eigenvalue weighted by molar-refractivity contribution is 5.74. The number of allylic oxidation sites excluding steroid dienone is 1. The van der Waals surface area contributed by atoms with Crippen LogP contribution in [0.4, 0.5) is 0 Å². The van der Waals surface area contributed by atoms with E-state index in [2.05, 4.69) is 75.0 Å². The molecule has 1 unspecified atom stereocenters. The zero-order chi connectivity index (χ0) is 22.1. The van der Waals surface area contributed by atoms with Crippen molar-refractivity contribution in [3.8, 4) is 11.1 Å². The first-order chi connectivity index (χ1) is 15.6. The highest BCUT2D eigenvalue weighted by Gasteiger charge is 2.26. The number of aryl methyl sites for hydroxylation is 3. The lowest BCUT2D eigenvalue weighted by Crippen LogP contribution is -2.09. The maximum atomic E-state index is 4.37. The summed E-state index contributed by atoms with van der Waals surface area (Å²) in [6.45, 7) is 8.85. The third-order valence-electron chi connectivity index (χ3n) is 7.64. The highest BCUT2D eigenvalue weighted by Crippen LogP contribution is 2.41. The summed E-state index contributed by atoms with van der Waals surface area (Å²) in [6.07, 6.45) is 11.1. The van der Waals surface area contributed by atoms with Gasteiger partial charge in [-0.2, -0.15) is 0 Å². The summed E-state index contributed by atoms with van der Waals surface area (Å²) < 4.78 is 0. The summed E-state index contributed by atoms with van der Waals surface area (Å²) in [7, 11) is 0. The molecule has 32 heavy (non-hydrogen) atoms. The molecule has 0 saturated carbocycles. The normalized spacial score (nSPS) is 16.8. The first kappa shape index (κ1) is 21.3. The predicted molar refractivity (Wildman–Crippen MR) is 138 cm³/mol. The lowest BCUT2D eigenvalue weighted by molar-refractivity contribution is 0.683. The van der Waals surface area contributed by atoms with Gasteiger partial charge in [0.2, 0.25) is 0 Å². The van der Waals surface area contributed by atoms with E-state index < -0.39 is 0 Å². The van der Waals surface area contributed by atoms with Crippen molar-refractivity contribution in [2.75, 3.05) is 0 Å². The minimum absolute atomic E-state index is 0.501. The third-order valence-corrected chi connectivity index (χ3v) is 7.64. The Bertz CT molecular complexity index is 1150. The number of benzene rings is 3. The van der Waals surface area contributed by atoms with E-state index in [1.54, 1.807) is 11.1 Å². The van der Waals surface area contributed by atoms with Crippen LogP contribution >= 0.6 is 0 Å². The molecule has 3 aromatic carbocycles. The van der Waals surface area contributed by atoms with Gasteiger partial charge in [-0.25, -0.2) is 0 Å². The third kappa shape index (κ3) is 4.08. The van der Waals surface area contributed by atoms with Crippen LogP contribution in [0, 0.1) is 0 Å². The molecule has 0 spiro atoms. The van der Waals surface area contributed by atoms with E-state index in [-0.39, 0.29) is 0 Å². The van der Waals surface area contributed by atoms with Gasteiger partial charge in [0.1, 0.15) is 0 Å². The molecule has 0 aliphatic heterocycles. The Labute approximate surface area is 194 Å². The minimum atomic E-state index is 0.501. The second-order valence-corrected chi connectivity index (χ2v) is 10.1. The van der Waals surface area contributed by atoms with Crippen LogP contribution in [0.1, 0.15) is 84.4 Å². The van der Waals surface area contributed by atoms with E-state index in [1.807, 2.05) is 0 Å². The Morgan fingerprint density at radius 2 is 1.59 bits per heavy atom. The van der Waals surface area contributed by atoms with E-state index >= 15 is 0 Å². The fraction of sp³-hybridized carbons (Fsp3) is 0.375. The van der Waals surface area contributed by atoms with Crippen LogP contribution in [0.5, 0.6) is 0 Å². The van der Waals surface area contributed by atoms with Gasteiger partial charge in [-0.1, -0.05) is 86.5 Å². The van der Waals surface area contributed by atoms with Gasteiger partial charge >= 0.3 is 0 Å². The predicted octanol–water partition coefficient (Wildman–Crippen LogP) is 8.49. The quantitative estimate of drug-likeness (QED) is 0.351. The molecule has 0 radical (unpaired) electrons. The molecule has 3 aromatic rings. The second kappa shape index (κ2) is 9.10. The molecule has 0 nitrogen and oxygen atoms in total. The van der Waals surface area contributed by atoms with Gasteiger partial charge in [0.05, 0.1) is 0 Å². The van der Waals surface area contributed by atoms with Gasteiger partial charge < -0.3 is 0 Å². The van der Waals surface area contributed by atoms with Gasteiger partial charge in [0, 0.05) is 0 Å². The van der Waals surface area contributed by atoms with Crippen LogP contribution in [0.3, 0.4) is 0 Å². The van der Waals surface area contributed by atoms with Crippen molar-refractivity contribution >= 4 is 5.57 Å². The van der Waals surface area contributed by atoms with Gasteiger partial charge in [-0.05, 0) is 108 Å². The zero-order valence-corrected chi connectivity index (χ0v) is 19.8. The van der Waals surface area contributed by atoms with Crippen LogP contribution in [0.15, 0.2) is 61.2 Å². The molecule has 0 heterocycles. The largest absolute Gasteiger partial charge is 0.0955 e. The van der Waals surface area contributed by atoms with Crippen molar-refractivity contribution in [2.24, 2.45) is 0 Å². The number of fused-ring (bicyclic) bond motifs is 4. The van der Waals surface area contributed by atoms with Crippen molar-refractivity contribution in [1.82, 2.24) is 0 Å². The fourth-order valence-corrected chi connectivity index (χ4v) is 5.95. The SMILES string of the molecule is C=C(C)c1cc2c(cc1C1Cc3ccccc3-c3ccc(CCCCC)cc3C1)CCC2. The Balaban J connectivity index is 1.60. The standard InChI is InChI=1S/C32H36/c1-4-5-6-10-23-15-16-30-27(17-23)19-28(18-26-11-7-8-14-29(26)30)32-21-25-13-9-12-24(25)20-31(32)22(2)3/h7-8,11,14-17,20-21,28H,2,4-6,9-10,12-13,18-19H2,1,3H3. The molecule has 0 aromatic heterocycles. The average Bonchev–Trinajstić information content (AvgIpc) is 3.19. The van der Waals surface area contributed by atoms with Crippen LogP contribution in [-0.2, 0) is 32.1 Å². The number of rotatable bonds is 6. The Morgan fingerprint density at radius 3 is 2.41 bits per heavy atom. The lowest BCUT2D eigenvalue weighted by Gasteiger charge is -2.22. The van der Waals surface area contributed by atoms with Crippen molar-refractivity contribution < 1.29 is 0 Å². The molecule has 0 bridgehead atoms.